The molecule has 0 radical (unpaired) electrons. The summed E-state index contributed by atoms with van der Waals surface area (Å²) < 4.78 is 31.4. The molecule has 0 aliphatic heterocycles. The Labute approximate surface area is 132 Å². The Bertz CT molecular complexity index is 647. The fourth-order valence-corrected chi connectivity index (χ4v) is 1.89. The van der Waals surface area contributed by atoms with E-state index in [9.17, 15) is 18.7 Å². The molecule has 0 fully saturated rings. The van der Waals surface area contributed by atoms with Gasteiger partial charge in [0.15, 0.2) is 0 Å². The highest BCUT2D eigenvalue weighted by Crippen LogP contribution is 2.11. The summed E-state index contributed by atoms with van der Waals surface area (Å²) in [5.41, 5.74) is 0.294. The third-order valence-corrected chi connectivity index (χ3v) is 3.10. The van der Waals surface area contributed by atoms with Gasteiger partial charge in [-0.3, -0.25) is 4.79 Å². The summed E-state index contributed by atoms with van der Waals surface area (Å²) >= 11 is 0. The first-order valence-electron chi connectivity index (χ1n) is 7.11. The SMILES string of the molecule is O=C(Cc1ccccc1F)NCC(O)COc1ccc(F)cc1. The van der Waals surface area contributed by atoms with Crippen molar-refractivity contribution in [3.05, 3.63) is 65.7 Å². The van der Waals surface area contributed by atoms with E-state index in [0.717, 1.165) is 0 Å². The first kappa shape index (κ1) is 16.9. The summed E-state index contributed by atoms with van der Waals surface area (Å²) in [6.45, 7) is -0.0694. The van der Waals surface area contributed by atoms with Gasteiger partial charge in [-0.25, -0.2) is 8.78 Å². The molecule has 0 aliphatic rings. The molecular formula is C17H17F2NO3. The number of carbonyl (C=O) groups excluding carboxylic acids is 1. The zero-order valence-corrected chi connectivity index (χ0v) is 12.3. The van der Waals surface area contributed by atoms with Crippen LogP contribution in [0.25, 0.3) is 0 Å². The number of aliphatic hydroxyl groups excluding tert-OH is 1. The summed E-state index contributed by atoms with van der Waals surface area (Å²) in [5, 5.41) is 12.3. The maximum atomic E-state index is 13.4. The van der Waals surface area contributed by atoms with Crippen LogP contribution in [0, 0.1) is 11.6 Å². The molecule has 0 bridgehead atoms. The van der Waals surface area contributed by atoms with E-state index in [-0.39, 0.29) is 25.4 Å². The van der Waals surface area contributed by atoms with Gasteiger partial charge in [-0.05, 0) is 35.9 Å². The Morgan fingerprint density at radius 2 is 1.83 bits per heavy atom. The second kappa shape index (κ2) is 8.24. The van der Waals surface area contributed by atoms with Crippen LogP contribution in [0.4, 0.5) is 8.78 Å². The number of hydrogen-bond donors (Lipinski definition) is 2. The number of rotatable bonds is 7. The lowest BCUT2D eigenvalue weighted by atomic mass is 10.1. The normalized spacial score (nSPS) is 11.8. The van der Waals surface area contributed by atoms with Crippen LogP contribution in [0.15, 0.2) is 48.5 Å². The van der Waals surface area contributed by atoms with Crippen molar-refractivity contribution in [3.63, 3.8) is 0 Å². The molecule has 1 amide bonds. The van der Waals surface area contributed by atoms with Crippen LogP contribution in [0.2, 0.25) is 0 Å². The summed E-state index contributed by atoms with van der Waals surface area (Å²) in [4.78, 5) is 11.7. The zero-order valence-electron chi connectivity index (χ0n) is 12.3. The second-order valence-corrected chi connectivity index (χ2v) is 4.99. The summed E-state index contributed by atoms with van der Waals surface area (Å²) in [6, 6.07) is 11.4. The molecule has 23 heavy (non-hydrogen) atoms. The minimum atomic E-state index is -0.926. The van der Waals surface area contributed by atoms with Gasteiger partial charge in [0.05, 0.1) is 6.42 Å². The van der Waals surface area contributed by atoms with Crippen molar-refractivity contribution >= 4 is 5.91 Å². The molecule has 1 atom stereocenters. The first-order chi connectivity index (χ1) is 11.0. The van der Waals surface area contributed by atoms with Gasteiger partial charge in [0.1, 0.15) is 30.1 Å². The lowest BCUT2D eigenvalue weighted by Crippen LogP contribution is -2.36. The smallest absolute Gasteiger partial charge is 0.224 e. The average molecular weight is 321 g/mol. The number of ether oxygens (including phenoxy) is 1. The molecule has 122 valence electrons. The van der Waals surface area contributed by atoms with Crippen molar-refractivity contribution in [1.29, 1.82) is 0 Å². The monoisotopic (exact) mass is 321 g/mol. The number of benzene rings is 2. The number of amides is 1. The topological polar surface area (TPSA) is 58.6 Å². The van der Waals surface area contributed by atoms with Gasteiger partial charge in [-0.2, -0.15) is 0 Å². The molecule has 4 nitrogen and oxygen atoms in total. The van der Waals surface area contributed by atoms with E-state index in [1.807, 2.05) is 0 Å². The van der Waals surface area contributed by atoms with Crippen LogP contribution < -0.4 is 10.1 Å². The Hall–Kier alpha value is -2.47. The highest BCUT2D eigenvalue weighted by atomic mass is 19.1. The molecular weight excluding hydrogens is 304 g/mol. The third kappa shape index (κ3) is 5.67. The van der Waals surface area contributed by atoms with Gasteiger partial charge < -0.3 is 15.2 Å². The van der Waals surface area contributed by atoms with Crippen molar-refractivity contribution in [3.8, 4) is 5.75 Å². The van der Waals surface area contributed by atoms with Crippen molar-refractivity contribution in [2.24, 2.45) is 0 Å². The fraction of sp³-hybridized carbons (Fsp3) is 0.235. The molecule has 0 spiro atoms. The molecule has 0 aliphatic carbocycles. The van der Waals surface area contributed by atoms with Crippen LogP contribution in [-0.4, -0.2) is 30.3 Å². The number of carbonyl (C=O) groups is 1. The highest BCUT2D eigenvalue weighted by Gasteiger charge is 2.10. The van der Waals surface area contributed by atoms with E-state index < -0.39 is 17.8 Å². The van der Waals surface area contributed by atoms with Gasteiger partial charge in [0.2, 0.25) is 5.91 Å². The predicted octanol–water partition coefficient (Wildman–Crippen LogP) is 2.06. The molecule has 1 unspecified atom stereocenters. The van der Waals surface area contributed by atoms with Crippen LogP contribution in [-0.2, 0) is 11.2 Å². The zero-order chi connectivity index (χ0) is 16.7. The van der Waals surface area contributed by atoms with Crippen LogP contribution in [0.5, 0.6) is 5.75 Å². The van der Waals surface area contributed by atoms with E-state index in [1.165, 1.54) is 36.4 Å². The van der Waals surface area contributed by atoms with Crippen molar-refractivity contribution < 1.29 is 23.4 Å². The third-order valence-electron chi connectivity index (χ3n) is 3.10. The van der Waals surface area contributed by atoms with Crippen molar-refractivity contribution in [1.82, 2.24) is 5.32 Å². The highest BCUT2D eigenvalue weighted by molar-refractivity contribution is 5.78. The molecule has 6 heteroatoms. The lowest BCUT2D eigenvalue weighted by molar-refractivity contribution is -0.121. The van der Waals surface area contributed by atoms with Gasteiger partial charge in [-0.1, -0.05) is 18.2 Å². The predicted molar refractivity (Wildman–Crippen MR) is 81.0 cm³/mol. The maximum absolute atomic E-state index is 13.4. The quantitative estimate of drug-likeness (QED) is 0.821. The summed E-state index contributed by atoms with van der Waals surface area (Å²) in [6.07, 6.45) is -1.03. The molecule has 0 aromatic heterocycles. The largest absolute Gasteiger partial charge is 0.491 e. The molecule has 2 aromatic carbocycles. The molecule has 0 saturated heterocycles. The standard InChI is InChI=1S/C17H17F2NO3/c18-13-5-7-15(8-6-13)23-11-14(21)10-20-17(22)9-12-3-1-2-4-16(12)19/h1-8,14,21H,9-11H2,(H,20,22). The lowest BCUT2D eigenvalue weighted by Gasteiger charge is -2.13. The van der Waals surface area contributed by atoms with Crippen molar-refractivity contribution in [2.45, 2.75) is 12.5 Å². The minimum absolute atomic E-state index is 0.0194. The first-order valence-corrected chi connectivity index (χ1v) is 7.11. The summed E-state index contributed by atoms with van der Waals surface area (Å²) in [5.74, 6) is -0.791. The van der Waals surface area contributed by atoms with E-state index in [0.29, 0.717) is 11.3 Å². The van der Waals surface area contributed by atoms with Gasteiger partial charge in [0, 0.05) is 6.54 Å². The number of nitrogens with one attached hydrogen (secondary N) is 1. The van der Waals surface area contributed by atoms with E-state index in [2.05, 4.69) is 5.32 Å². The minimum Gasteiger partial charge on any atom is -0.491 e. The van der Waals surface area contributed by atoms with E-state index in [1.54, 1.807) is 12.1 Å². The molecule has 2 rings (SSSR count). The maximum Gasteiger partial charge on any atom is 0.224 e. The Balaban J connectivity index is 1.71. The van der Waals surface area contributed by atoms with Crippen LogP contribution in [0.3, 0.4) is 0 Å². The van der Waals surface area contributed by atoms with Gasteiger partial charge in [-0.15, -0.1) is 0 Å². The number of hydrogen-bond acceptors (Lipinski definition) is 3. The number of halogens is 2. The molecule has 0 heterocycles. The fourth-order valence-electron chi connectivity index (χ4n) is 1.89. The van der Waals surface area contributed by atoms with Gasteiger partial charge in [0.25, 0.3) is 0 Å². The Morgan fingerprint density at radius 3 is 2.52 bits per heavy atom. The van der Waals surface area contributed by atoms with Crippen molar-refractivity contribution in [2.75, 3.05) is 13.2 Å². The Morgan fingerprint density at radius 1 is 1.13 bits per heavy atom. The second-order valence-electron chi connectivity index (χ2n) is 4.99. The average Bonchev–Trinajstić information content (AvgIpc) is 2.54. The molecule has 0 saturated carbocycles. The Kier molecular flexibility index (Phi) is 6.05. The molecule has 2 aromatic rings. The number of aliphatic hydroxyl groups is 1. The van der Waals surface area contributed by atoms with Crippen LogP contribution in [0.1, 0.15) is 5.56 Å². The van der Waals surface area contributed by atoms with E-state index in [4.69, 9.17) is 4.74 Å². The molecule has 2 N–H and O–H groups in total. The summed E-state index contributed by atoms with van der Waals surface area (Å²) in [7, 11) is 0. The van der Waals surface area contributed by atoms with Gasteiger partial charge >= 0.3 is 0 Å². The van der Waals surface area contributed by atoms with Crippen LogP contribution >= 0.6 is 0 Å². The van der Waals surface area contributed by atoms with E-state index >= 15 is 0 Å².